The van der Waals surface area contributed by atoms with Crippen LogP contribution in [0.5, 0.6) is 0 Å². The summed E-state index contributed by atoms with van der Waals surface area (Å²) in [6.07, 6.45) is 2.14. The Morgan fingerprint density at radius 2 is 2.05 bits per heavy atom. The van der Waals surface area contributed by atoms with Crippen molar-refractivity contribution in [1.82, 2.24) is 0 Å². The molecule has 1 aromatic carbocycles. The summed E-state index contributed by atoms with van der Waals surface area (Å²) in [6, 6.07) is 7.12. The molecule has 2 saturated carbocycles. The second-order valence-electron chi connectivity index (χ2n) is 6.42. The molecule has 0 spiro atoms. The highest BCUT2D eigenvalue weighted by Crippen LogP contribution is 2.64. The van der Waals surface area contributed by atoms with Crippen molar-refractivity contribution >= 4 is 29.0 Å². The van der Waals surface area contributed by atoms with Crippen LogP contribution in [0.1, 0.15) is 33.1 Å². The van der Waals surface area contributed by atoms with Gasteiger partial charge in [-0.05, 0) is 36.3 Å². The van der Waals surface area contributed by atoms with E-state index in [2.05, 4.69) is 5.32 Å². The van der Waals surface area contributed by atoms with Gasteiger partial charge in [-0.1, -0.05) is 37.6 Å². The maximum Gasteiger partial charge on any atom is 0.238 e. The van der Waals surface area contributed by atoms with E-state index >= 15 is 0 Å². The Hall–Kier alpha value is -1.35. The van der Waals surface area contributed by atoms with Crippen molar-refractivity contribution in [3.63, 3.8) is 0 Å². The molecule has 0 aromatic heterocycles. The average Bonchev–Trinajstić information content (AvgIpc) is 2.76. The van der Waals surface area contributed by atoms with E-state index in [1.807, 2.05) is 26.0 Å². The second-order valence-corrected chi connectivity index (χ2v) is 6.83. The first-order valence-corrected chi connectivity index (χ1v) is 7.36. The monoisotopic (exact) mass is 291 g/mol. The van der Waals surface area contributed by atoms with Gasteiger partial charge in [-0.15, -0.1) is 0 Å². The third-order valence-corrected chi connectivity index (χ3v) is 5.74. The lowest BCUT2D eigenvalue weighted by Crippen LogP contribution is -2.46. The predicted octanol–water partition coefficient (Wildman–Crippen LogP) is 3.67. The van der Waals surface area contributed by atoms with Crippen LogP contribution in [0.3, 0.4) is 0 Å². The summed E-state index contributed by atoms with van der Waals surface area (Å²) in [5, 5.41) is 3.36. The molecule has 1 aromatic rings. The van der Waals surface area contributed by atoms with Crippen molar-refractivity contribution < 1.29 is 9.59 Å². The summed E-state index contributed by atoms with van der Waals surface area (Å²) in [4.78, 5) is 25.2. The molecule has 20 heavy (non-hydrogen) atoms. The molecule has 0 radical (unpaired) electrons. The number of Topliss-reactive ketones (excluding diaryl/α,β-unsaturated/α-hetero) is 1. The Morgan fingerprint density at radius 3 is 2.60 bits per heavy atom. The lowest BCUT2D eigenvalue weighted by atomic mass is 9.68. The van der Waals surface area contributed by atoms with E-state index in [0.29, 0.717) is 29.5 Å². The van der Waals surface area contributed by atoms with Gasteiger partial charge in [0.15, 0.2) is 0 Å². The van der Waals surface area contributed by atoms with Crippen LogP contribution in [0.25, 0.3) is 0 Å². The molecule has 0 heterocycles. The first kappa shape index (κ1) is 13.6. The highest BCUT2D eigenvalue weighted by molar-refractivity contribution is 6.34. The minimum absolute atomic E-state index is 0.0864. The molecule has 2 fully saturated rings. The molecule has 0 aliphatic heterocycles. The Morgan fingerprint density at radius 1 is 1.35 bits per heavy atom. The Balaban J connectivity index is 1.94. The highest BCUT2D eigenvalue weighted by atomic mass is 35.5. The van der Waals surface area contributed by atoms with Gasteiger partial charge in [0.2, 0.25) is 5.91 Å². The third kappa shape index (κ3) is 1.59. The Kier molecular flexibility index (Phi) is 2.94. The molecule has 1 amide bonds. The van der Waals surface area contributed by atoms with E-state index in [0.717, 1.165) is 6.42 Å². The summed E-state index contributed by atoms with van der Waals surface area (Å²) in [6.45, 7) is 4.09. The molecule has 3 nitrogen and oxygen atoms in total. The number of fused-ring (bicyclic) bond motifs is 2. The molecule has 0 saturated heterocycles. The predicted molar refractivity (Wildman–Crippen MR) is 78.6 cm³/mol. The summed E-state index contributed by atoms with van der Waals surface area (Å²) in [5.74, 6) is 0.218. The molecule has 1 N–H and O–H groups in total. The number of ketones is 1. The van der Waals surface area contributed by atoms with Crippen molar-refractivity contribution in [2.45, 2.75) is 33.1 Å². The van der Waals surface area contributed by atoms with Crippen LogP contribution in [0, 0.1) is 16.7 Å². The fourth-order valence-electron chi connectivity index (χ4n) is 4.00. The molecular weight excluding hydrogens is 274 g/mol. The summed E-state index contributed by atoms with van der Waals surface area (Å²) in [7, 11) is 0. The van der Waals surface area contributed by atoms with Gasteiger partial charge in [0.25, 0.3) is 0 Å². The zero-order valence-corrected chi connectivity index (χ0v) is 12.5. The van der Waals surface area contributed by atoms with Gasteiger partial charge in [0, 0.05) is 6.42 Å². The zero-order valence-electron chi connectivity index (χ0n) is 11.7. The molecule has 4 heteroatoms. The molecular formula is C16H18ClNO2. The van der Waals surface area contributed by atoms with Gasteiger partial charge in [-0.2, -0.15) is 0 Å². The van der Waals surface area contributed by atoms with Crippen molar-refractivity contribution in [1.29, 1.82) is 0 Å². The number of amides is 1. The number of para-hydroxylation sites is 1. The number of benzene rings is 1. The van der Waals surface area contributed by atoms with Gasteiger partial charge in [0.05, 0.1) is 10.7 Å². The maximum absolute atomic E-state index is 12.8. The van der Waals surface area contributed by atoms with Crippen LogP contribution < -0.4 is 5.32 Å². The lowest BCUT2D eigenvalue weighted by Gasteiger charge is -2.34. The Bertz CT molecular complexity index is 596. The standard InChI is InChI=1S/C16H18ClNO2/c1-15(2)10-7-8-16(15,13(19)9-10)14(20)18-12-6-4-3-5-11(12)17/h3-6,10H,7-9H2,1-2H3,(H,18,20). The number of hydrogen-bond acceptors (Lipinski definition) is 2. The van der Waals surface area contributed by atoms with Crippen LogP contribution in [0.4, 0.5) is 5.69 Å². The third-order valence-electron chi connectivity index (χ3n) is 5.41. The fraction of sp³-hybridized carbons (Fsp3) is 0.500. The van der Waals surface area contributed by atoms with Gasteiger partial charge >= 0.3 is 0 Å². The van der Waals surface area contributed by atoms with Crippen LogP contribution in [0.15, 0.2) is 24.3 Å². The zero-order chi connectivity index (χ0) is 14.5. The minimum atomic E-state index is -0.878. The quantitative estimate of drug-likeness (QED) is 0.845. The van der Waals surface area contributed by atoms with Crippen LogP contribution >= 0.6 is 11.6 Å². The number of carbonyl (C=O) groups excluding carboxylic acids is 2. The first-order valence-electron chi connectivity index (χ1n) is 6.99. The molecule has 2 aliphatic rings. The molecule has 3 rings (SSSR count). The van der Waals surface area contributed by atoms with Crippen LogP contribution in [-0.4, -0.2) is 11.7 Å². The summed E-state index contributed by atoms with van der Waals surface area (Å²) >= 11 is 6.08. The van der Waals surface area contributed by atoms with E-state index in [4.69, 9.17) is 11.6 Å². The minimum Gasteiger partial charge on any atom is -0.324 e. The van der Waals surface area contributed by atoms with Crippen LogP contribution in [0.2, 0.25) is 5.02 Å². The van der Waals surface area contributed by atoms with Gasteiger partial charge in [-0.3, -0.25) is 9.59 Å². The highest BCUT2D eigenvalue weighted by Gasteiger charge is 2.68. The number of rotatable bonds is 2. The van der Waals surface area contributed by atoms with Crippen molar-refractivity contribution in [3.8, 4) is 0 Å². The van der Waals surface area contributed by atoms with E-state index < -0.39 is 5.41 Å². The number of nitrogens with one attached hydrogen (secondary N) is 1. The van der Waals surface area contributed by atoms with Crippen LogP contribution in [-0.2, 0) is 9.59 Å². The number of halogens is 1. The smallest absolute Gasteiger partial charge is 0.238 e. The van der Waals surface area contributed by atoms with E-state index in [1.54, 1.807) is 12.1 Å². The second kappa shape index (κ2) is 4.32. The average molecular weight is 292 g/mol. The van der Waals surface area contributed by atoms with E-state index in [-0.39, 0.29) is 17.1 Å². The topological polar surface area (TPSA) is 46.2 Å². The molecule has 2 bridgehead atoms. The molecule has 2 unspecified atom stereocenters. The van der Waals surface area contributed by atoms with Gasteiger partial charge in [-0.25, -0.2) is 0 Å². The normalized spacial score (nSPS) is 30.6. The van der Waals surface area contributed by atoms with Crippen molar-refractivity contribution in [2.75, 3.05) is 5.32 Å². The van der Waals surface area contributed by atoms with Gasteiger partial charge in [0.1, 0.15) is 11.2 Å². The SMILES string of the molecule is CC1(C)C2CCC1(C(=O)Nc1ccccc1Cl)C(=O)C2. The van der Waals surface area contributed by atoms with Crippen molar-refractivity contribution in [3.05, 3.63) is 29.3 Å². The molecule has 106 valence electrons. The number of hydrogen-bond donors (Lipinski definition) is 1. The molecule has 2 atom stereocenters. The van der Waals surface area contributed by atoms with E-state index in [1.165, 1.54) is 0 Å². The number of carbonyl (C=O) groups is 2. The van der Waals surface area contributed by atoms with Crippen molar-refractivity contribution in [2.24, 2.45) is 16.7 Å². The summed E-state index contributed by atoms with van der Waals surface area (Å²) in [5.41, 5.74) is -0.570. The number of anilines is 1. The Labute approximate surface area is 123 Å². The molecule has 2 aliphatic carbocycles. The lowest BCUT2D eigenvalue weighted by molar-refractivity contribution is -0.141. The largest absolute Gasteiger partial charge is 0.324 e. The van der Waals surface area contributed by atoms with Gasteiger partial charge < -0.3 is 5.32 Å². The fourth-order valence-corrected chi connectivity index (χ4v) is 4.18. The van der Waals surface area contributed by atoms with E-state index in [9.17, 15) is 9.59 Å². The maximum atomic E-state index is 12.8. The summed E-state index contributed by atoms with van der Waals surface area (Å²) < 4.78 is 0. The first-order chi connectivity index (χ1) is 9.39.